The van der Waals surface area contributed by atoms with Crippen molar-refractivity contribution in [3.05, 3.63) is 70.3 Å². The molecule has 1 heterocycles. The number of benzene rings is 2. The summed E-state index contributed by atoms with van der Waals surface area (Å²) >= 11 is 1.15. The second-order valence-corrected chi connectivity index (χ2v) is 7.50. The maximum absolute atomic E-state index is 12.7. The van der Waals surface area contributed by atoms with Crippen LogP contribution in [-0.2, 0) is 11.3 Å². The first-order chi connectivity index (χ1) is 13.9. The van der Waals surface area contributed by atoms with Crippen LogP contribution in [-0.4, -0.2) is 37.7 Å². The monoisotopic (exact) mass is 412 g/mol. The summed E-state index contributed by atoms with van der Waals surface area (Å²) in [5, 5.41) is 19.0. The third kappa shape index (κ3) is 5.41. The number of carbonyl (C=O) groups is 1. The smallest absolute Gasteiger partial charge is 0.277 e. The summed E-state index contributed by atoms with van der Waals surface area (Å²) in [6.07, 6.45) is 0. The van der Waals surface area contributed by atoms with E-state index in [-0.39, 0.29) is 34.5 Å². The lowest BCUT2D eigenvalue weighted by Gasteiger charge is -2.26. The number of thioether (sulfide) groups is 1. The van der Waals surface area contributed by atoms with E-state index in [1.54, 1.807) is 17.0 Å². The maximum atomic E-state index is 12.7. The molecule has 1 aromatic heterocycles. The minimum Gasteiger partial charge on any atom is -0.411 e. The molecule has 3 aromatic rings. The molecular weight excluding hydrogens is 392 g/mol. The second kappa shape index (κ2) is 9.33. The molecular formula is C20H20N4O4S. The van der Waals surface area contributed by atoms with Gasteiger partial charge in [0.1, 0.15) is 0 Å². The van der Waals surface area contributed by atoms with E-state index in [0.717, 1.165) is 17.3 Å². The van der Waals surface area contributed by atoms with Gasteiger partial charge in [-0.2, -0.15) is 0 Å². The van der Waals surface area contributed by atoms with Gasteiger partial charge in [0.05, 0.1) is 10.7 Å². The van der Waals surface area contributed by atoms with E-state index in [1.165, 1.54) is 12.1 Å². The van der Waals surface area contributed by atoms with Crippen LogP contribution in [0, 0.1) is 10.1 Å². The second-order valence-electron chi connectivity index (χ2n) is 6.57. The number of nitro benzene ring substituents is 1. The quantitative estimate of drug-likeness (QED) is 0.311. The Kier molecular flexibility index (Phi) is 6.61. The van der Waals surface area contributed by atoms with Gasteiger partial charge in [-0.1, -0.05) is 48.2 Å². The predicted octanol–water partition coefficient (Wildman–Crippen LogP) is 4.17. The number of carbonyl (C=O) groups excluding carboxylic acids is 1. The Balaban J connectivity index is 1.64. The Bertz CT molecular complexity index is 991. The Labute approximate surface area is 172 Å². The van der Waals surface area contributed by atoms with Gasteiger partial charge in [-0.3, -0.25) is 14.9 Å². The van der Waals surface area contributed by atoms with Crippen molar-refractivity contribution in [2.45, 2.75) is 31.7 Å². The van der Waals surface area contributed by atoms with E-state index in [4.69, 9.17) is 4.42 Å². The summed E-state index contributed by atoms with van der Waals surface area (Å²) in [6, 6.07) is 15.8. The number of nitro groups is 1. The van der Waals surface area contributed by atoms with Crippen LogP contribution < -0.4 is 0 Å². The first-order valence-electron chi connectivity index (χ1n) is 8.98. The van der Waals surface area contributed by atoms with Gasteiger partial charge in [0.2, 0.25) is 11.8 Å². The van der Waals surface area contributed by atoms with Crippen LogP contribution in [0.3, 0.4) is 0 Å². The van der Waals surface area contributed by atoms with Crippen molar-refractivity contribution in [3.8, 4) is 11.5 Å². The van der Waals surface area contributed by atoms with Crippen LogP contribution in [0.25, 0.3) is 11.5 Å². The number of amides is 1. The number of hydrogen-bond acceptors (Lipinski definition) is 7. The lowest BCUT2D eigenvalue weighted by atomic mass is 10.2. The molecule has 29 heavy (non-hydrogen) atoms. The highest BCUT2D eigenvalue weighted by Gasteiger charge is 2.19. The van der Waals surface area contributed by atoms with Crippen LogP contribution >= 0.6 is 11.8 Å². The summed E-state index contributed by atoms with van der Waals surface area (Å²) in [5.41, 5.74) is 1.46. The van der Waals surface area contributed by atoms with E-state index >= 15 is 0 Å². The average Bonchev–Trinajstić information content (AvgIpc) is 3.20. The molecule has 0 bridgehead atoms. The van der Waals surface area contributed by atoms with Crippen LogP contribution in [0.1, 0.15) is 19.4 Å². The third-order valence-electron chi connectivity index (χ3n) is 4.17. The molecule has 0 N–H and O–H groups in total. The lowest BCUT2D eigenvalue weighted by Crippen LogP contribution is -2.37. The zero-order chi connectivity index (χ0) is 20.8. The Hall–Kier alpha value is -3.20. The van der Waals surface area contributed by atoms with Crippen molar-refractivity contribution in [1.29, 1.82) is 0 Å². The Morgan fingerprint density at radius 2 is 1.93 bits per heavy atom. The molecule has 2 aromatic carbocycles. The molecule has 0 unspecified atom stereocenters. The van der Waals surface area contributed by atoms with E-state index in [2.05, 4.69) is 10.2 Å². The average molecular weight is 412 g/mol. The lowest BCUT2D eigenvalue weighted by molar-refractivity contribution is -0.384. The molecule has 150 valence electrons. The number of nitrogens with zero attached hydrogens (tertiary/aromatic N) is 4. The van der Waals surface area contributed by atoms with Crippen molar-refractivity contribution in [1.82, 2.24) is 15.1 Å². The van der Waals surface area contributed by atoms with Gasteiger partial charge in [-0.15, -0.1) is 10.2 Å². The number of hydrogen-bond donors (Lipinski definition) is 0. The van der Waals surface area contributed by atoms with Gasteiger partial charge in [0.15, 0.2) is 0 Å². The van der Waals surface area contributed by atoms with Crippen LogP contribution in [0.2, 0.25) is 0 Å². The zero-order valence-corrected chi connectivity index (χ0v) is 16.8. The number of rotatable bonds is 8. The zero-order valence-electron chi connectivity index (χ0n) is 16.0. The van der Waals surface area contributed by atoms with E-state index in [1.807, 2.05) is 44.2 Å². The van der Waals surface area contributed by atoms with E-state index < -0.39 is 4.92 Å². The third-order valence-corrected chi connectivity index (χ3v) is 4.97. The molecule has 0 saturated heterocycles. The molecule has 0 spiro atoms. The maximum Gasteiger partial charge on any atom is 0.277 e. The standard InChI is InChI=1S/C20H20N4O4S/c1-14(2)23(12-15-7-4-3-5-8-15)18(25)13-29-20-22-21-19(28-20)16-9-6-10-17(11-16)24(26)27/h3-11,14H,12-13H2,1-2H3. The molecule has 0 aliphatic carbocycles. The summed E-state index contributed by atoms with van der Waals surface area (Å²) in [6.45, 7) is 4.47. The largest absolute Gasteiger partial charge is 0.411 e. The summed E-state index contributed by atoms with van der Waals surface area (Å²) in [5.74, 6) is 0.291. The van der Waals surface area contributed by atoms with Crippen molar-refractivity contribution in [2.24, 2.45) is 0 Å². The summed E-state index contributed by atoms with van der Waals surface area (Å²) in [7, 11) is 0. The van der Waals surface area contributed by atoms with Crippen molar-refractivity contribution in [2.75, 3.05) is 5.75 Å². The normalized spacial score (nSPS) is 10.9. The molecule has 1 amide bonds. The van der Waals surface area contributed by atoms with E-state index in [0.29, 0.717) is 12.1 Å². The fraction of sp³-hybridized carbons (Fsp3) is 0.250. The number of non-ortho nitro benzene ring substituents is 1. The first kappa shape index (κ1) is 20.5. The molecule has 0 aliphatic heterocycles. The van der Waals surface area contributed by atoms with Crippen LogP contribution in [0.15, 0.2) is 64.2 Å². The molecule has 9 heteroatoms. The molecule has 0 saturated carbocycles. The van der Waals surface area contributed by atoms with Gasteiger partial charge in [-0.25, -0.2) is 0 Å². The van der Waals surface area contributed by atoms with Gasteiger partial charge >= 0.3 is 0 Å². The minimum absolute atomic E-state index is 0.0380. The predicted molar refractivity (Wildman–Crippen MR) is 109 cm³/mol. The minimum atomic E-state index is -0.485. The molecule has 0 fully saturated rings. The molecule has 8 nitrogen and oxygen atoms in total. The van der Waals surface area contributed by atoms with E-state index in [9.17, 15) is 14.9 Å². The summed E-state index contributed by atoms with van der Waals surface area (Å²) < 4.78 is 5.56. The topological polar surface area (TPSA) is 102 Å². The Morgan fingerprint density at radius 1 is 1.17 bits per heavy atom. The van der Waals surface area contributed by atoms with Crippen molar-refractivity contribution < 1.29 is 14.1 Å². The Morgan fingerprint density at radius 3 is 2.62 bits per heavy atom. The van der Waals surface area contributed by atoms with Gasteiger partial charge in [-0.05, 0) is 25.5 Å². The fourth-order valence-corrected chi connectivity index (χ4v) is 3.33. The van der Waals surface area contributed by atoms with Crippen molar-refractivity contribution >= 4 is 23.4 Å². The van der Waals surface area contributed by atoms with Gasteiger partial charge in [0, 0.05) is 30.3 Å². The molecule has 3 rings (SSSR count). The first-order valence-corrected chi connectivity index (χ1v) is 9.97. The number of aromatic nitrogens is 2. The summed E-state index contributed by atoms with van der Waals surface area (Å²) in [4.78, 5) is 24.9. The van der Waals surface area contributed by atoms with Gasteiger partial charge in [0.25, 0.3) is 10.9 Å². The highest BCUT2D eigenvalue weighted by Crippen LogP contribution is 2.26. The van der Waals surface area contributed by atoms with Crippen molar-refractivity contribution in [3.63, 3.8) is 0 Å². The molecule has 0 atom stereocenters. The molecule has 0 aliphatic rings. The van der Waals surface area contributed by atoms with Crippen LogP contribution in [0.5, 0.6) is 0 Å². The highest BCUT2D eigenvalue weighted by atomic mass is 32.2. The SMILES string of the molecule is CC(C)N(Cc1ccccc1)C(=O)CSc1nnc(-c2cccc([N+](=O)[O-])c2)o1. The van der Waals surface area contributed by atoms with Gasteiger partial charge < -0.3 is 9.32 Å². The highest BCUT2D eigenvalue weighted by molar-refractivity contribution is 7.99. The fourth-order valence-electron chi connectivity index (χ4n) is 2.68. The van der Waals surface area contributed by atoms with Crippen LogP contribution in [0.4, 0.5) is 5.69 Å². The molecule has 0 radical (unpaired) electrons.